The lowest BCUT2D eigenvalue weighted by Gasteiger charge is -2.27. The molecule has 20 heavy (non-hydrogen) atoms. The van der Waals surface area contributed by atoms with Gasteiger partial charge in [0, 0.05) is 17.1 Å². The molecule has 2 unspecified atom stereocenters. The molecule has 1 aliphatic carbocycles. The van der Waals surface area contributed by atoms with Crippen LogP contribution in [0.15, 0.2) is 6.20 Å². The van der Waals surface area contributed by atoms with Crippen LogP contribution in [0.4, 0.5) is 4.79 Å². The van der Waals surface area contributed by atoms with E-state index in [1.807, 2.05) is 6.92 Å². The standard InChI is InChI=1S/C13H19N3O3S/c1-8-14-6-11(20-8)7-15-13(19)16-10-4-2-3-9(5-10)12(17)18/h6,9-10H,2-5,7H2,1H3,(H,17,18)(H2,15,16,19). The maximum absolute atomic E-state index is 11.8. The average Bonchev–Trinajstić information content (AvgIpc) is 2.82. The van der Waals surface area contributed by atoms with E-state index in [0.29, 0.717) is 19.4 Å². The molecular formula is C13H19N3O3S. The largest absolute Gasteiger partial charge is 0.481 e. The molecular weight excluding hydrogens is 278 g/mol. The average molecular weight is 297 g/mol. The van der Waals surface area contributed by atoms with Crippen molar-refractivity contribution in [2.24, 2.45) is 5.92 Å². The molecule has 110 valence electrons. The van der Waals surface area contributed by atoms with Gasteiger partial charge in [-0.2, -0.15) is 0 Å². The second-order valence-electron chi connectivity index (χ2n) is 5.07. The first-order valence-corrected chi connectivity index (χ1v) is 7.54. The van der Waals surface area contributed by atoms with E-state index in [1.165, 1.54) is 0 Å². The summed E-state index contributed by atoms with van der Waals surface area (Å²) in [5.74, 6) is -1.10. The van der Waals surface area contributed by atoms with Gasteiger partial charge in [0.25, 0.3) is 0 Å². The van der Waals surface area contributed by atoms with Crippen molar-refractivity contribution in [2.45, 2.75) is 45.2 Å². The van der Waals surface area contributed by atoms with E-state index >= 15 is 0 Å². The Bertz CT molecular complexity index is 489. The first-order chi connectivity index (χ1) is 9.54. The predicted molar refractivity (Wildman–Crippen MR) is 75.6 cm³/mol. The molecule has 2 amide bonds. The van der Waals surface area contributed by atoms with Crippen molar-refractivity contribution in [1.29, 1.82) is 0 Å². The zero-order valence-corrected chi connectivity index (χ0v) is 12.2. The number of hydrogen-bond acceptors (Lipinski definition) is 4. The highest BCUT2D eigenvalue weighted by molar-refractivity contribution is 7.11. The number of thiazole rings is 1. The zero-order valence-electron chi connectivity index (χ0n) is 11.4. The number of amides is 2. The van der Waals surface area contributed by atoms with Crippen molar-refractivity contribution in [2.75, 3.05) is 0 Å². The zero-order chi connectivity index (χ0) is 14.5. The summed E-state index contributed by atoms with van der Waals surface area (Å²) in [6.07, 6.45) is 4.66. The fraction of sp³-hybridized carbons (Fsp3) is 0.615. The van der Waals surface area contributed by atoms with Crippen LogP contribution in [0, 0.1) is 12.8 Å². The summed E-state index contributed by atoms with van der Waals surface area (Å²) in [5.41, 5.74) is 0. The summed E-state index contributed by atoms with van der Waals surface area (Å²) in [5, 5.41) is 15.6. The number of carboxylic acid groups (broad SMARTS) is 1. The Kier molecular flexibility index (Phi) is 4.94. The highest BCUT2D eigenvalue weighted by Gasteiger charge is 2.27. The highest BCUT2D eigenvalue weighted by atomic mass is 32.1. The Balaban J connectivity index is 1.75. The number of nitrogens with one attached hydrogen (secondary N) is 2. The van der Waals surface area contributed by atoms with Gasteiger partial charge in [-0.3, -0.25) is 4.79 Å². The molecule has 1 aromatic rings. The van der Waals surface area contributed by atoms with Gasteiger partial charge >= 0.3 is 12.0 Å². The number of aromatic nitrogens is 1. The van der Waals surface area contributed by atoms with Crippen molar-refractivity contribution in [1.82, 2.24) is 15.6 Å². The van der Waals surface area contributed by atoms with E-state index in [2.05, 4.69) is 15.6 Å². The Morgan fingerprint density at radius 2 is 2.30 bits per heavy atom. The number of rotatable bonds is 4. The van der Waals surface area contributed by atoms with E-state index in [1.54, 1.807) is 17.5 Å². The van der Waals surface area contributed by atoms with Gasteiger partial charge in [0.15, 0.2) is 0 Å². The lowest BCUT2D eigenvalue weighted by molar-refractivity contribution is -0.143. The van der Waals surface area contributed by atoms with Gasteiger partial charge in [-0.05, 0) is 26.2 Å². The van der Waals surface area contributed by atoms with Crippen molar-refractivity contribution in [3.63, 3.8) is 0 Å². The van der Waals surface area contributed by atoms with Crippen LogP contribution in [0.5, 0.6) is 0 Å². The van der Waals surface area contributed by atoms with Crippen LogP contribution in [0.2, 0.25) is 0 Å². The molecule has 0 spiro atoms. The quantitative estimate of drug-likeness (QED) is 0.791. The SMILES string of the molecule is Cc1ncc(CNC(=O)NC2CCCC(C(=O)O)C2)s1. The second kappa shape index (κ2) is 6.69. The fourth-order valence-electron chi connectivity index (χ4n) is 2.44. The van der Waals surface area contributed by atoms with Crippen molar-refractivity contribution in [3.8, 4) is 0 Å². The Morgan fingerprint density at radius 3 is 2.95 bits per heavy atom. The van der Waals surface area contributed by atoms with Crippen LogP contribution < -0.4 is 10.6 Å². The Labute approximate surface area is 121 Å². The van der Waals surface area contributed by atoms with Crippen molar-refractivity contribution < 1.29 is 14.7 Å². The molecule has 1 fully saturated rings. The highest BCUT2D eigenvalue weighted by Crippen LogP contribution is 2.24. The molecule has 7 heteroatoms. The summed E-state index contributed by atoms with van der Waals surface area (Å²) in [7, 11) is 0. The number of hydrogen-bond donors (Lipinski definition) is 3. The van der Waals surface area contributed by atoms with Crippen LogP contribution >= 0.6 is 11.3 Å². The molecule has 3 N–H and O–H groups in total. The topological polar surface area (TPSA) is 91.3 Å². The molecule has 0 saturated heterocycles. The monoisotopic (exact) mass is 297 g/mol. The van der Waals surface area contributed by atoms with E-state index in [0.717, 1.165) is 22.7 Å². The molecule has 6 nitrogen and oxygen atoms in total. The van der Waals surface area contributed by atoms with Crippen molar-refractivity contribution >= 4 is 23.3 Å². The Hall–Kier alpha value is -1.63. The van der Waals surface area contributed by atoms with Gasteiger partial charge in [-0.1, -0.05) is 6.42 Å². The normalized spacial score (nSPS) is 22.2. The molecule has 1 heterocycles. The first kappa shape index (κ1) is 14.8. The molecule has 1 aliphatic rings. The lowest BCUT2D eigenvalue weighted by atomic mass is 9.86. The maximum Gasteiger partial charge on any atom is 0.315 e. The number of carbonyl (C=O) groups is 2. The number of carboxylic acids is 1. The smallest absolute Gasteiger partial charge is 0.315 e. The summed E-state index contributed by atoms with van der Waals surface area (Å²) >= 11 is 1.55. The number of aryl methyl sites for hydroxylation is 1. The minimum absolute atomic E-state index is 0.0481. The minimum atomic E-state index is -0.767. The van der Waals surface area contributed by atoms with Crippen LogP contribution in [-0.4, -0.2) is 28.1 Å². The predicted octanol–water partition coefficient (Wildman–Crippen LogP) is 1.89. The lowest BCUT2D eigenvalue weighted by Crippen LogP contribution is -2.44. The molecule has 1 saturated carbocycles. The van der Waals surface area contributed by atoms with Crippen LogP contribution in [0.3, 0.4) is 0 Å². The van der Waals surface area contributed by atoms with Gasteiger partial charge in [0.1, 0.15) is 0 Å². The molecule has 2 atom stereocenters. The van der Waals surface area contributed by atoms with Crippen LogP contribution in [0.1, 0.15) is 35.6 Å². The first-order valence-electron chi connectivity index (χ1n) is 6.73. The van der Waals surface area contributed by atoms with E-state index in [4.69, 9.17) is 5.11 Å². The van der Waals surface area contributed by atoms with Gasteiger partial charge in [0.05, 0.1) is 17.5 Å². The van der Waals surface area contributed by atoms with E-state index in [-0.39, 0.29) is 18.0 Å². The van der Waals surface area contributed by atoms with Gasteiger partial charge < -0.3 is 15.7 Å². The van der Waals surface area contributed by atoms with Gasteiger partial charge in [0.2, 0.25) is 0 Å². The van der Waals surface area contributed by atoms with Crippen LogP contribution in [-0.2, 0) is 11.3 Å². The third-order valence-electron chi connectivity index (χ3n) is 3.45. The summed E-state index contributed by atoms with van der Waals surface area (Å²) in [6.45, 7) is 2.37. The van der Waals surface area contributed by atoms with Gasteiger partial charge in [-0.25, -0.2) is 9.78 Å². The van der Waals surface area contributed by atoms with Gasteiger partial charge in [-0.15, -0.1) is 11.3 Å². The number of nitrogens with zero attached hydrogens (tertiary/aromatic N) is 1. The number of urea groups is 1. The maximum atomic E-state index is 11.8. The van der Waals surface area contributed by atoms with E-state index in [9.17, 15) is 9.59 Å². The summed E-state index contributed by atoms with van der Waals surface area (Å²) in [6, 6.07) is -0.292. The molecule has 0 bridgehead atoms. The fourth-order valence-corrected chi connectivity index (χ4v) is 3.17. The van der Waals surface area contributed by atoms with E-state index < -0.39 is 5.97 Å². The molecule has 0 aliphatic heterocycles. The second-order valence-corrected chi connectivity index (χ2v) is 6.39. The molecule has 0 aromatic carbocycles. The van der Waals surface area contributed by atoms with Crippen molar-refractivity contribution in [3.05, 3.63) is 16.1 Å². The third kappa shape index (κ3) is 4.19. The van der Waals surface area contributed by atoms with Crippen LogP contribution in [0.25, 0.3) is 0 Å². The molecule has 1 aromatic heterocycles. The minimum Gasteiger partial charge on any atom is -0.481 e. The molecule has 2 rings (SSSR count). The Morgan fingerprint density at radius 1 is 1.50 bits per heavy atom. The summed E-state index contributed by atoms with van der Waals surface area (Å²) in [4.78, 5) is 27.9. The molecule has 0 radical (unpaired) electrons. The summed E-state index contributed by atoms with van der Waals surface area (Å²) < 4.78 is 0. The third-order valence-corrected chi connectivity index (χ3v) is 4.36. The number of aliphatic carboxylic acids is 1. The number of carbonyl (C=O) groups excluding carboxylic acids is 1.